The van der Waals surface area contributed by atoms with Crippen LogP contribution >= 0.6 is 0 Å². The summed E-state index contributed by atoms with van der Waals surface area (Å²) in [5.74, 6) is -11.2. The predicted molar refractivity (Wildman–Crippen MR) is 350 cm³/mol. The summed E-state index contributed by atoms with van der Waals surface area (Å²) in [6.45, 7) is 41.4. The van der Waals surface area contributed by atoms with Gasteiger partial charge in [-0.3, -0.25) is 9.41 Å². The molecule has 0 saturated heterocycles. The van der Waals surface area contributed by atoms with Crippen LogP contribution in [0, 0.1) is 13.1 Å². The summed E-state index contributed by atoms with van der Waals surface area (Å²) in [5, 5.41) is 0. The monoisotopic (exact) mass is 1420 g/mol. The molecular formula is C54H118F10O17Si7+2. The van der Waals surface area contributed by atoms with Gasteiger partial charge in [0.15, 0.2) is 31.1 Å². The van der Waals surface area contributed by atoms with E-state index in [4.69, 9.17) is 40.1 Å². The Bertz CT molecular complexity index is 1750. The molecule has 17 nitrogen and oxygen atoms in total. The average Bonchev–Trinajstić information content (AvgIpc) is 3.32. The second kappa shape index (κ2) is 54.8. The minimum Gasteiger partial charge on any atom is -0.436 e. The molecular weight excluding hydrogens is 1310 g/mol. The Balaban J connectivity index is -0.000000135. The highest BCUT2D eigenvalue weighted by Gasteiger charge is 2.67. The van der Waals surface area contributed by atoms with Crippen LogP contribution in [0.3, 0.4) is 0 Å². The first-order valence-electron chi connectivity index (χ1n) is 26.9. The standard InChI is InChI=1S/C26H53FO10Si4.C11H18F7O2Si.C9H18O4Si.C4H11OSi.4CH4.2FH/c1-10-31-25(28)33-19-12-14-22-38(3,4)35-40(7,8)37-41(9,24-16-18-30-21-17-27)36-39(5,6)23-15-13-20-34-26(29)32-11-2;1-19-21(2,3)6-4-5-20-7-8(12)10(15,16)11(17,18)9(13)14;1-4-12-9(10)13-7-5-6-8-14(2,3)11;1-5-6(2,3)4;;;;;;/h10-11H,1-2,12-24H2,3-9H3;8-9H,2,4-7H2,1,3H3;4,11H,1,5-8H2,2-3H3;2H2,1,3-4H3;4*1H4;2*1H/q;+1;;+1;;;;;;. The van der Waals surface area contributed by atoms with E-state index in [0.717, 1.165) is 62.6 Å². The van der Waals surface area contributed by atoms with Gasteiger partial charge in [-0.2, -0.15) is 17.6 Å². The fourth-order valence-corrected chi connectivity index (χ4v) is 28.8. The first-order valence-corrected chi connectivity index (χ1v) is 47.5. The molecule has 34 heteroatoms. The smallest absolute Gasteiger partial charge is 0.436 e. The van der Waals surface area contributed by atoms with E-state index in [2.05, 4.69) is 97.6 Å². The molecule has 0 heterocycles. The highest BCUT2D eigenvalue weighted by molar-refractivity contribution is 6.90. The second-order valence-electron chi connectivity index (χ2n) is 21.9. The second-order valence-corrected chi connectivity index (χ2v) is 49.8. The molecule has 0 aliphatic heterocycles. The number of unbranched alkanes of at least 4 members (excludes halogenated alkanes) is 3. The van der Waals surface area contributed by atoms with Crippen molar-refractivity contribution in [3.8, 4) is 0 Å². The van der Waals surface area contributed by atoms with Crippen molar-refractivity contribution < 1.29 is 123 Å². The molecule has 532 valence electrons. The Morgan fingerprint density at radius 1 is 0.511 bits per heavy atom. The van der Waals surface area contributed by atoms with Crippen molar-refractivity contribution in [2.24, 2.45) is 0 Å². The normalized spacial score (nSPS) is 13.1. The zero-order chi connectivity index (χ0) is 64.5. The van der Waals surface area contributed by atoms with Gasteiger partial charge in [0.05, 0.1) is 51.8 Å². The number of carbonyl (C=O) groups is 3. The van der Waals surface area contributed by atoms with Gasteiger partial charge in [0.25, 0.3) is 0 Å². The molecule has 0 aromatic heterocycles. The van der Waals surface area contributed by atoms with Crippen LogP contribution in [0.5, 0.6) is 0 Å². The van der Waals surface area contributed by atoms with Gasteiger partial charge < -0.3 is 63.9 Å². The van der Waals surface area contributed by atoms with Gasteiger partial charge in [-0.25, -0.2) is 31.9 Å². The zero-order valence-electron chi connectivity index (χ0n) is 52.1. The van der Waals surface area contributed by atoms with Gasteiger partial charge in [0.2, 0.25) is 0 Å². The number of hydrogen-bond donors (Lipinski definition) is 1. The molecule has 0 aromatic rings. The Morgan fingerprint density at radius 2 is 0.875 bits per heavy atom. The summed E-state index contributed by atoms with van der Waals surface area (Å²) in [6.07, 6.45) is -1.52. The van der Waals surface area contributed by atoms with Crippen LogP contribution in [0.2, 0.25) is 109 Å². The molecule has 1 N–H and O–H groups in total. The summed E-state index contributed by atoms with van der Waals surface area (Å²) < 4.78 is 169. The van der Waals surface area contributed by atoms with Gasteiger partial charge in [-0.15, -0.1) is 0 Å². The topological polar surface area (TPSA) is 191 Å². The molecule has 0 saturated carbocycles. The van der Waals surface area contributed by atoms with Crippen molar-refractivity contribution in [3.05, 3.63) is 51.6 Å². The number of hydrogen-bond acceptors (Lipinski definition) is 17. The largest absolute Gasteiger partial charge is 0.513 e. The summed E-state index contributed by atoms with van der Waals surface area (Å²) in [7, 11) is -11.8. The van der Waals surface area contributed by atoms with Crippen LogP contribution in [0.4, 0.5) is 58.9 Å². The molecule has 0 fully saturated rings. The van der Waals surface area contributed by atoms with Gasteiger partial charge >= 0.3 is 70.5 Å². The van der Waals surface area contributed by atoms with Gasteiger partial charge in [0.1, 0.15) is 6.67 Å². The van der Waals surface area contributed by atoms with Crippen LogP contribution in [0.25, 0.3) is 0 Å². The number of alkyl halides is 8. The molecule has 0 aromatic carbocycles. The van der Waals surface area contributed by atoms with Crippen molar-refractivity contribution >= 4 is 77.2 Å². The summed E-state index contributed by atoms with van der Waals surface area (Å²) >= 11 is 0. The predicted octanol–water partition coefficient (Wildman–Crippen LogP) is 17.9. The van der Waals surface area contributed by atoms with Crippen molar-refractivity contribution in [3.63, 3.8) is 0 Å². The van der Waals surface area contributed by atoms with Gasteiger partial charge in [-0.05, 0) is 135 Å². The number of rotatable bonds is 41. The molecule has 0 rings (SSSR count). The van der Waals surface area contributed by atoms with Crippen LogP contribution < -0.4 is 0 Å². The van der Waals surface area contributed by atoms with Crippen LogP contribution in [-0.4, -0.2) is 174 Å². The first-order chi connectivity index (χ1) is 37.5. The SMILES string of the molecule is C.C.C.C.C=COC(=O)OCCCC[Si](C)(C)O.C=COC(=O)OCCCC[Si](C)(C)O[Si](C)(C)O[Si](C)(CCCOCCF)O[Si](C)(C)CCCCOC(=O)OC=C.F.F.[CH2+][Si](C)(C)OC.[CH2+][Si](C)(CCCOCC(F)C(F)(F)C(F)(F)C(F)F)OC. The minimum atomic E-state index is -5.75. The molecule has 0 aliphatic carbocycles. The third kappa shape index (κ3) is 62.1. The maximum atomic E-state index is 13.0. The molecule has 0 radical (unpaired) electrons. The lowest BCUT2D eigenvalue weighted by molar-refractivity contribution is -0.289. The van der Waals surface area contributed by atoms with E-state index >= 15 is 0 Å². The molecule has 0 spiro atoms. The van der Waals surface area contributed by atoms with E-state index in [1.807, 2.05) is 26.2 Å². The highest BCUT2D eigenvalue weighted by Crippen LogP contribution is 2.42. The van der Waals surface area contributed by atoms with Gasteiger partial charge in [0, 0.05) is 46.6 Å². The Kier molecular flexibility index (Phi) is 66.5. The summed E-state index contributed by atoms with van der Waals surface area (Å²) in [4.78, 5) is 42.8. The van der Waals surface area contributed by atoms with E-state index < -0.39 is 115 Å². The highest BCUT2D eigenvalue weighted by atomic mass is 28.5. The summed E-state index contributed by atoms with van der Waals surface area (Å²) in [6, 6.07) is 3.80. The Labute approximate surface area is 530 Å². The summed E-state index contributed by atoms with van der Waals surface area (Å²) in [5.41, 5.74) is 0. The number of ether oxygens (including phenoxy) is 8. The molecule has 0 aliphatic rings. The third-order valence-electron chi connectivity index (χ3n) is 10.8. The molecule has 0 amide bonds. The maximum absolute atomic E-state index is 13.0. The lowest BCUT2D eigenvalue weighted by atomic mass is 10.1. The zero-order valence-corrected chi connectivity index (χ0v) is 59.1. The fourth-order valence-electron chi connectivity index (χ4n) is 6.70. The van der Waals surface area contributed by atoms with E-state index in [1.165, 1.54) is 7.11 Å². The lowest BCUT2D eigenvalue weighted by Gasteiger charge is -2.42. The Morgan fingerprint density at radius 3 is 1.22 bits per heavy atom. The average molecular weight is 1430 g/mol. The minimum absolute atomic E-state index is 0. The van der Waals surface area contributed by atoms with E-state index in [-0.39, 0.29) is 65.5 Å². The van der Waals surface area contributed by atoms with Crippen molar-refractivity contribution in [2.45, 2.75) is 214 Å². The van der Waals surface area contributed by atoms with Crippen molar-refractivity contribution in [1.82, 2.24) is 0 Å². The van der Waals surface area contributed by atoms with E-state index in [1.54, 1.807) is 13.7 Å². The van der Waals surface area contributed by atoms with Crippen LogP contribution in [0.1, 0.15) is 81.1 Å². The van der Waals surface area contributed by atoms with Crippen molar-refractivity contribution in [2.75, 3.05) is 67.1 Å². The number of halogens is 10. The number of carbonyl (C=O) groups excluding carboxylic acids is 3. The van der Waals surface area contributed by atoms with E-state index in [0.29, 0.717) is 51.0 Å². The fraction of sp³-hybridized carbons (Fsp3) is 0.796. The molecule has 3 atom stereocenters. The van der Waals surface area contributed by atoms with Gasteiger partial charge in [-0.1, -0.05) is 68.7 Å². The lowest BCUT2D eigenvalue weighted by Crippen LogP contribution is -2.57. The van der Waals surface area contributed by atoms with Crippen LogP contribution in [-0.2, 0) is 59.1 Å². The van der Waals surface area contributed by atoms with Crippen molar-refractivity contribution in [1.29, 1.82) is 0 Å². The third-order valence-corrected chi connectivity index (χ3v) is 32.0. The first kappa shape index (κ1) is 107. The Hall–Kier alpha value is -2.73. The van der Waals surface area contributed by atoms with E-state index in [9.17, 15) is 54.3 Å². The molecule has 0 bridgehead atoms. The maximum Gasteiger partial charge on any atom is 0.513 e. The van der Waals surface area contributed by atoms with Crippen LogP contribution in [0.15, 0.2) is 38.5 Å². The molecule has 3 unspecified atom stereocenters. The molecule has 88 heavy (non-hydrogen) atoms. The quantitative estimate of drug-likeness (QED) is 0.0115.